The zero-order valence-corrected chi connectivity index (χ0v) is 28.3. The fourth-order valence-corrected chi connectivity index (χ4v) is 9.49. The molecule has 4 aliphatic heterocycles. The van der Waals surface area contributed by atoms with Gasteiger partial charge in [-0.3, -0.25) is 19.5 Å². The van der Waals surface area contributed by atoms with E-state index in [-0.39, 0.29) is 22.4 Å². The van der Waals surface area contributed by atoms with E-state index in [1.165, 1.54) is 11.8 Å². The van der Waals surface area contributed by atoms with Gasteiger partial charge in [-0.2, -0.15) is 10.2 Å². The molecular weight excluding hydrogens is 602 g/mol. The number of ether oxygens (including phenoxy) is 2. The Bertz CT molecular complexity index is 1690. The van der Waals surface area contributed by atoms with Crippen LogP contribution >= 0.6 is 11.6 Å². The van der Waals surface area contributed by atoms with Crippen molar-refractivity contribution in [3.8, 4) is 11.1 Å². The number of rotatable bonds is 6. The number of carbonyl (C=O) groups is 1. The molecule has 246 valence electrons. The Morgan fingerprint density at radius 3 is 2.59 bits per heavy atom. The summed E-state index contributed by atoms with van der Waals surface area (Å²) in [5.74, 6) is 1.67. The first-order valence-electron chi connectivity index (χ1n) is 16.8. The highest BCUT2D eigenvalue weighted by molar-refractivity contribution is 6.33. The van der Waals surface area contributed by atoms with Crippen molar-refractivity contribution < 1.29 is 14.3 Å². The van der Waals surface area contributed by atoms with E-state index in [4.69, 9.17) is 26.2 Å². The molecule has 0 bridgehead atoms. The number of fused-ring (bicyclic) bond motifs is 1. The van der Waals surface area contributed by atoms with E-state index in [0.717, 1.165) is 123 Å². The summed E-state index contributed by atoms with van der Waals surface area (Å²) in [5, 5.41) is 14.9. The fraction of sp³-hybridized carbons (Fsp3) is 0.629. The summed E-state index contributed by atoms with van der Waals surface area (Å²) in [6, 6.07) is 2.28. The molecule has 2 spiro atoms. The molecule has 5 aliphatic rings. The lowest BCUT2D eigenvalue weighted by Gasteiger charge is -2.58. The van der Waals surface area contributed by atoms with Crippen LogP contribution in [0.15, 0.2) is 24.9 Å². The van der Waals surface area contributed by atoms with Gasteiger partial charge in [-0.25, -0.2) is 0 Å². The van der Waals surface area contributed by atoms with Gasteiger partial charge in [-0.05, 0) is 77.0 Å². The van der Waals surface area contributed by atoms with Gasteiger partial charge in [-0.1, -0.05) is 18.2 Å². The maximum absolute atomic E-state index is 12.2. The minimum atomic E-state index is -0.0960. The molecule has 0 unspecified atom stereocenters. The average molecular weight is 648 g/mol. The number of hydrogen-bond acceptors (Lipinski definition) is 7. The second-order valence-corrected chi connectivity index (χ2v) is 15.8. The summed E-state index contributed by atoms with van der Waals surface area (Å²) in [4.78, 5) is 19.3. The number of piperidine rings is 1. The van der Waals surface area contributed by atoms with Crippen LogP contribution in [0.2, 0.25) is 5.02 Å². The Balaban J connectivity index is 1.12. The van der Waals surface area contributed by atoms with E-state index in [0.29, 0.717) is 12.0 Å². The van der Waals surface area contributed by atoms with Crippen molar-refractivity contribution in [1.29, 1.82) is 0 Å². The lowest BCUT2D eigenvalue weighted by molar-refractivity contribution is -0.200. The highest BCUT2D eigenvalue weighted by Gasteiger charge is 2.55. The summed E-state index contributed by atoms with van der Waals surface area (Å²) in [7, 11) is 0. The van der Waals surface area contributed by atoms with Gasteiger partial charge < -0.3 is 19.3 Å². The number of benzene rings is 1. The minimum absolute atomic E-state index is 0.0323. The quantitative estimate of drug-likeness (QED) is 0.371. The summed E-state index contributed by atoms with van der Waals surface area (Å²) in [5.41, 5.74) is 5.61. The molecule has 1 saturated carbocycles. The number of morpholine rings is 1. The van der Waals surface area contributed by atoms with E-state index < -0.39 is 0 Å². The highest BCUT2D eigenvalue weighted by Crippen LogP contribution is 2.56. The summed E-state index contributed by atoms with van der Waals surface area (Å²) >= 11 is 6.87. The lowest BCUT2D eigenvalue weighted by atomic mass is 9.60. The molecular formula is C35H46ClN7O3. The van der Waals surface area contributed by atoms with Crippen LogP contribution in [0.1, 0.15) is 56.8 Å². The average Bonchev–Trinajstić information content (AvgIpc) is 3.55. The largest absolute Gasteiger partial charge is 0.378 e. The number of amides is 1. The molecule has 8 rings (SSSR count). The predicted octanol–water partition coefficient (Wildman–Crippen LogP) is 5.14. The monoisotopic (exact) mass is 647 g/mol. The first-order chi connectivity index (χ1) is 22.0. The summed E-state index contributed by atoms with van der Waals surface area (Å²) < 4.78 is 13.8. The van der Waals surface area contributed by atoms with Crippen LogP contribution in [0.25, 0.3) is 22.0 Å². The van der Waals surface area contributed by atoms with Gasteiger partial charge in [0.05, 0.1) is 49.7 Å². The Kier molecular flexibility index (Phi) is 7.14. The van der Waals surface area contributed by atoms with Crippen LogP contribution in [0.3, 0.4) is 0 Å². The normalized spacial score (nSPS) is 25.5. The van der Waals surface area contributed by atoms with E-state index >= 15 is 0 Å². The second kappa shape index (κ2) is 10.8. The molecule has 46 heavy (non-hydrogen) atoms. The first kappa shape index (κ1) is 30.4. The number of likely N-dealkylation sites (tertiary alicyclic amines) is 1. The van der Waals surface area contributed by atoms with E-state index in [2.05, 4.69) is 59.0 Å². The maximum Gasteiger partial charge on any atom is 0.245 e. The zero-order chi connectivity index (χ0) is 32.0. The molecule has 5 fully saturated rings. The third kappa shape index (κ3) is 4.65. The van der Waals surface area contributed by atoms with Gasteiger partial charge in [0.2, 0.25) is 5.91 Å². The number of hydrogen-bond donors (Lipinski definition) is 1. The Morgan fingerprint density at radius 1 is 1.13 bits per heavy atom. The molecule has 10 nitrogen and oxygen atoms in total. The lowest BCUT2D eigenvalue weighted by Crippen LogP contribution is -2.69. The fourth-order valence-electron chi connectivity index (χ4n) is 9.29. The van der Waals surface area contributed by atoms with Crippen LogP contribution in [-0.4, -0.2) is 106 Å². The number of H-pyrrole nitrogens is 1. The smallest absolute Gasteiger partial charge is 0.245 e. The Hall–Kier alpha value is -2.92. The molecule has 1 atom stereocenters. The summed E-state index contributed by atoms with van der Waals surface area (Å²) in [6.07, 6.45) is 7.60. The number of carbonyl (C=O) groups excluding carboxylic acids is 1. The van der Waals surface area contributed by atoms with Gasteiger partial charge in [0, 0.05) is 70.9 Å². The van der Waals surface area contributed by atoms with Crippen molar-refractivity contribution in [3.05, 3.63) is 41.2 Å². The van der Waals surface area contributed by atoms with Gasteiger partial charge in [0.25, 0.3) is 0 Å². The number of aromatic nitrogens is 4. The molecule has 3 aromatic rings. The molecule has 4 saturated heterocycles. The van der Waals surface area contributed by atoms with Crippen molar-refractivity contribution >= 4 is 34.2 Å². The number of anilines is 1. The molecule has 6 heterocycles. The third-order valence-corrected chi connectivity index (χ3v) is 12.2. The van der Waals surface area contributed by atoms with E-state index in [9.17, 15) is 4.79 Å². The number of nitrogens with zero attached hydrogens (tertiary/aromatic N) is 6. The minimum Gasteiger partial charge on any atom is -0.378 e. The number of halogens is 1. The zero-order valence-electron chi connectivity index (χ0n) is 27.6. The Morgan fingerprint density at radius 2 is 1.89 bits per heavy atom. The van der Waals surface area contributed by atoms with Crippen molar-refractivity contribution in [1.82, 2.24) is 29.8 Å². The third-order valence-electron chi connectivity index (χ3n) is 11.8. The van der Waals surface area contributed by atoms with Gasteiger partial charge in [0.15, 0.2) is 5.82 Å². The van der Waals surface area contributed by atoms with Gasteiger partial charge in [-0.15, -0.1) is 0 Å². The van der Waals surface area contributed by atoms with Gasteiger partial charge in [0.1, 0.15) is 0 Å². The van der Waals surface area contributed by atoms with E-state index in [1.807, 2.05) is 17.2 Å². The second-order valence-electron chi connectivity index (χ2n) is 15.4. The van der Waals surface area contributed by atoms with Crippen LogP contribution in [-0.2, 0) is 14.3 Å². The maximum atomic E-state index is 12.2. The molecule has 2 aromatic heterocycles. The molecule has 0 radical (unpaired) electrons. The number of aromatic amines is 1. The van der Waals surface area contributed by atoms with Crippen LogP contribution in [0.5, 0.6) is 0 Å². The van der Waals surface area contributed by atoms with Crippen molar-refractivity contribution in [2.45, 2.75) is 70.5 Å². The van der Waals surface area contributed by atoms with Crippen molar-refractivity contribution in [3.63, 3.8) is 0 Å². The summed E-state index contributed by atoms with van der Waals surface area (Å²) in [6.45, 7) is 20.5. The molecule has 1 amide bonds. The topological polar surface area (TPSA) is 91.8 Å². The standard InChI is InChI=1S/C35H46ClN7O3/c1-6-29(44)40-17-34(18-40)13-25(14-34)43-23(3)31(30-22(2)27(36)11-28-26(30)15-37-38-28)32(39-43)42-8-7-24(12-33(42,4)5)16-41-9-10-45-19-35(41)20-46-21-35/h6,11,15,24-25H,1,7-10,12-14,16-21H2,2-5H3,(H,37,38)/t24-/m1/s1. The van der Waals surface area contributed by atoms with Crippen LogP contribution in [0, 0.1) is 25.2 Å². The SMILES string of the molecule is C=CC(=O)N1CC2(CC(n3nc(N4CC[C@@H](CN5CCOCC56COC6)CC4(C)C)c(-c4c(C)c(Cl)cc5[nH]ncc45)c3C)C2)C1. The Labute approximate surface area is 276 Å². The predicted molar refractivity (Wildman–Crippen MR) is 179 cm³/mol. The van der Waals surface area contributed by atoms with Crippen LogP contribution in [0.4, 0.5) is 5.82 Å². The molecule has 1 N–H and O–H groups in total. The first-order valence-corrected chi connectivity index (χ1v) is 17.2. The van der Waals surface area contributed by atoms with Gasteiger partial charge >= 0.3 is 0 Å². The van der Waals surface area contributed by atoms with E-state index in [1.54, 1.807) is 0 Å². The molecule has 1 aromatic carbocycles. The highest BCUT2D eigenvalue weighted by atomic mass is 35.5. The molecule has 11 heteroatoms. The van der Waals surface area contributed by atoms with Crippen molar-refractivity contribution in [2.75, 3.05) is 64.1 Å². The molecule has 1 aliphatic carbocycles. The number of nitrogens with one attached hydrogen (secondary N) is 1. The van der Waals surface area contributed by atoms with Crippen molar-refractivity contribution in [2.24, 2.45) is 11.3 Å². The van der Waals surface area contributed by atoms with Crippen LogP contribution < -0.4 is 4.90 Å².